The molecule has 166 valence electrons. The minimum absolute atomic E-state index is 0.286. The van der Waals surface area contributed by atoms with Gasteiger partial charge in [-0.2, -0.15) is 0 Å². The average Bonchev–Trinajstić information content (AvgIpc) is 3.16. The summed E-state index contributed by atoms with van der Waals surface area (Å²) in [5.74, 6) is 2.60. The van der Waals surface area contributed by atoms with Gasteiger partial charge in [0.05, 0.1) is 6.54 Å². The zero-order valence-electron chi connectivity index (χ0n) is 18.5. The first-order valence-corrected chi connectivity index (χ1v) is 11.6. The summed E-state index contributed by atoms with van der Waals surface area (Å²) in [6.45, 7) is 8.26. The van der Waals surface area contributed by atoms with Gasteiger partial charge in [-0.15, -0.1) is 0 Å². The third-order valence-corrected chi connectivity index (χ3v) is 5.88. The Balaban J connectivity index is 1.45. The second-order valence-electron chi connectivity index (χ2n) is 8.46. The van der Waals surface area contributed by atoms with E-state index in [1.807, 2.05) is 17.0 Å². The molecular weight excluding hydrogens is 378 g/mol. The lowest BCUT2D eigenvalue weighted by Gasteiger charge is -2.26. The van der Waals surface area contributed by atoms with Crippen LogP contribution in [0.4, 0.5) is 0 Å². The Kier molecular flexibility index (Phi) is 8.78. The van der Waals surface area contributed by atoms with Crippen molar-refractivity contribution in [2.45, 2.75) is 71.4 Å². The highest BCUT2D eigenvalue weighted by atomic mass is 16.5. The van der Waals surface area contributed by atoms with Gasteiger partial charge in [-0.05, 0) is 63.0 Å². The number of carbonyl (C=O) groups is 1. The van der Waals surface area contributed by atoms with Crippen LogP contribution in [0.25, 0.3) is 0 Å². The van der Waals surface area contributed by atoms with Gasteiger partial charge < -0.3 is 20.3 Å². The number of pyridine rings is 1. The molecule has 2 aliphatic rings. The van der Waals surface area contributed by atoms with Crippen molar-refractivity contribution in [3.05, 3.63) is 23.9 Å². The third kappa shape index (κ3) is 7.18. The Labute approximate surface area is 180 Å². The molecule has 0 radical (unpaired) electrons. The van der Waals surface area contributed by atoms with Gasteiger partial charge in [0.25, 0.3) is 0 Å². The monoisotopic (exact) mass is 415 g/mol. The van der Waals surface area contributed by atoms with E-state index in [1.54, 1.807) is 6.20 Å². The van der Waals surface area contributed by atoms with Gasteiger partial charge in [-0.3, -0.25) is 4.79 Å². The van der Waals surface area contributed by atoms with Crippen LogP contribution < -0.4 is 15.4 Å². The van der Waals surface area contributed by atoms with E-state index >= 15 is 0 Å². The zero-order chi connectivity index (χ0) is 21.2. The third-order valence-electron chi connectivity index (χ3n) is 5.88. The summed E-state index contributed by atoms with van der Waals surface area (Å²) in [7, 11) is 0. The largest absolute Gasteiger partial charge is 0.474 e. The topological polar surface area (TPSA) is 78.9 Å². The Morgan fingerprint density at radius 1 is 1.30 bits per heavy atom. The van der Waals surface area contributed by atoms with Crippen molar-refractivity contribution in [2.75, 3.05) is 26.2 Å². The molecule has 1 aromatic rings. The fourth-order valence-corrected chi connectivity index (χ4v) is 4.06. The summed E-state index contributed by atoms with van der Waals surface area (Å²) in [6.07, 6.45) is 9.40. The van der Waals surface area contributed by atoms with E-state index in [0.29, 0.717) is 18.8 Å². The molecule has 1 amide bonds. The number of nitrogens with zero attached hydrogens (tertiary/aromatic N) is 3. The summed E-state index contributed by atoms with van der Waals surface area (Å²) >= 11 is 0. The summed E-state index contributed by atoms with van der Waals surface area (Å²) in [5, 5.41) is 6.65. The van der Waals surface area contributed by atoms with E-state index in [4.69, 9.17) is 9.73 Å². The molecule has 0 spiro atoms. The molecule has 7 nitrogen and oxygen atoms in total. The molecule has 1 aromatic heterocycles. The molecule has 3 rings (SSSR count). The number of ether oxygens (including phenoxy) is 1. The first-order chi connectivity index (χ1) is 14.6. The van der Waals surface area contributed by atoms with Gasteiger partial charge in [0.15, 0.2) is 5.96 Å². The Morgan fingerprint density at radius 2 is 2.13 bits per heavy atom. The first-order valence-electron chi connectivity index (χ1n) is 11.6. The maximum atomic E-state index is 11.7. The number of nitrogens with one attached hydrogen (secondary N) is 2. The van der Waals surface area contributed by atoms with Gasteiger partial charge >= 0.3 is 0 Å². The van der Waals surface area contributed by atoms with Crippen molar-refractivity contribution in [2.24, 2.45) is 10.9 Å². The van der Waals surface area contributed by atoms with Crippen molar-refractivity contribution >= 4 is 11.9 Å². The van der Waals surface area contributed by atoms with Crippen molar-refractivity contribution in [1.29, 1.82) is 0 Å². The van der Waals surface area contributed by atoms with Gasteiger partial charge in [-0.25, -0.2) is 9.98 Å². The smallest absolute Gasteiger partial charge is 0.222 e. The number of carbonyl (C=O) groups excluding carboxylic acids is 1. The predicted octanol–water partition coefficient (Wildman–Crippen LogP) is 3.11. The van der Waals surface area contributed by atoms with E-state index in [1.165, 1.54) is 12.8 Å². The summed E-state index contributed by atoms with van der Waals surface area (Å²) in [6, 6.07) is 3.99. The lowest BCUT2D eigenvalue weighted by Crippen LogP contribution is -2.39. The highest BCUT2D eigenvalue weighted by Gasteiger charge is 2.20. The molecule has 2 N–H and O–H groups in total. The quantitative estimate of drug-likeness (QED) is 0.368. The van der Waals surface area contributed by atoms with Crippen molar-refractivity contribution in [3.63, 3.8) is 0 Å². The second kappa shape index (κ2) is 11.8. The number of guanidine groups is 1. The van der Waals surface area contributed by atoms with Gasteiger partial charge in [0, 0.05) is 44.9 Å². The van der Waals surface area contributed by atoms with Gasteiger partial charge in [0.2, 0.25) is 11.8 Å². The molecule has 2 fully saturated rings. The number of aliphatic imine (C=N–C) groups is 1. The van der Waals surface area contributed by atoms with Crippen LogP contribution in [0.15, 0.2) is 23.3 Å². The molecule has 0 unspecified atom stereocenters. The number of hydrogen-bond acceptors (Lipinski definition) is 4. The molecule has 2 heterocycles. The summed E-state index contributed by atoms with van der Waals surface area (Å²) in [5.41, 5.74) is 1.09. The van der Waals surface area contributed by atoms with Gasteiger partial charge in [0.1, 0.15) is 6.10 Å². The average molecular weight is 416 g/mol. The predicted molar refractivity (Wildman–Crippen MR) is 120 cm³/mol. The lowest BCUT2D eigenvalue weighted by atomic mass is 9.89. The minimum Gasteiger partial charge on any atom is -0.474 e. The van der Waals surface area contributed by atoms with E-state index in [9.17, 15) is 4.79 Å². The second-order valence-corrected chi connectivity index (χ2v) is 8.46. The molecule has 1 aliphatic heterocycles. The molecule has 30 heavy (non-hydrogen) atoms. The van der Waals surface area contributed by atoms with Crippen molar-refractivity contribution < 1.29 is 9.53 Å². The van der Waals surface area contributed by atoms with Crippen LogP contribution in [-0.2, 0) is 11.3 Å². The fourth-order valence-electron chi connectivity index (χ4n) is 4.06. The van der Waals surface area contributed by atoms with E-state index in [2.05, 4.69) is 29.5 Å². The maximum Gasteiger partial charge on any atom is 0.222 e. The SMILES string of the molecule is CCNC(=NCc1ccnc(OC2CCC(C)CC2)c1)NCCCN1CCCC1=O. The highest BCUT2D eigenvalue weighted by molar-refractivity contribution is 5.79. The van der Waals surface area contributed by atoms with Crippen molar-refractivity contribution in [3.8, 4) is 5.88 Å². The van der Waals surface area contributed by atoms with Crippen LogP contribution in [-0.4, -0.2) is 54.0 Å². The molecule has 0 aromatic carbocycles. The van der Waals surface area contributed by atoms with Crippen LogP contribution in [0.1, 0.15) is 64.4 Å². The van der Waals surface area contributed by atoms with E-state index < -0.39 is 0 Å². The number of likely N-dealkylation sites (tertiary alicyclic amines) is 1. The summed E-state index contributed by atoms with van der Waals surface area (Å²) < 4.78 is 6.11. The summed E-state index contributed by atoms with van der Waals surface area (Å²) in [4.78, 5) is 22.7. The molecule has 1 saturated carbocycles. The fraction of sp³-hybridized carbons (Fsp3) is 0.696. The Hall–Kier alpha value is -2.31. The maximum absolute atomic E-state index is 11.7. The van der Waals surface area contributed by atoms with Crippen LogP contribution >= 0.6 is 0 Å². The first kappa shape index (κ1) is 22.4. The molecular formula is C23H37N5O2. The van der Waals surface area contributed by atoms with Crippen LogP contribution in [0.2, 0.25) is 0 Å². The minimum atomic E-state index is 0.286. The standard InChI is InChI=1S/C23H37N5O2/c1-3-24-23(26-12-5-15-28-14-4-6-22(28)29)27-17-19-11-13-25-21(16-19)30-20-9-7-18(2)8-10-20/h11,13,16,18,20H,3-10,12,14-15,17H2,1-2H3,(H2,24,26,27). The number of hydrogen-bond donors (Lipinski definition) is 2. The number of amides is 1. The molecule has 0 bridgehead atoms. The number of aromatic nitrogens is 1. The van der Waals surface area contributed by atoms with Crippen LogP contribution in [0.5, 0.6) is 5.88 Å². The van der Waals surface area contributed by atoms with Crippen LogP contribution in [0.3, 0.4) is 0 Å². The molecule has 1 saturated heterocycles. The van der Waals surface area contributed by atoms with Gasteiger partial charge in [-0.1, -0.05) is 6.92 Å². The van der Waals surface area contributed by atoms with E-state index in [0.717, 1.165) is 69.3 Å². The van der Waals surface area contributed by atoms with E-state index in [-0.39, 0.29) is 12.0 Å². The molecule has 0 atom stereocenters. The number of rotatable bonds is 9. The van der Waals surface area contributed by atoms with Crippen LogP contribution in [0, 0.1) is 5.92 Å². The Morgan fingerprint density at radius 3 is 2.87 bits per heavy atom. The lowest BCUT2D eigenvalue weighted by molar-refractivity contribution is -0.127. The zero-order valence-corrected chi connectivity index (χ0v) is 18.5. The van der Waals surface area contributed by atoms with Crippen molar-refractivity contribution in [1.82, 2.24) is 20.5 Å². The normalized spacial score (nSPS) is 22.3. The highest BCUT2D eigenvalue weighted by Crippen LogP contribution is 2.26. The Bertz CT molecular complexity index is 701. The molecule has 1 aliphatic carbocycles. The molecule has 7 heteroatoms.